The minimum absolute atomic E-state index is 0.104. The molecule has 1 atom stereocenters. The van der Waals surface area contributed by atoms with Gasteiger partial charge in [0.05, 0.1) is 5.39 Å². The van der Waals surface area contributed by atoms with E-state index in [2.05, 4.69) is 15.9 Å². The number of carboxylic acid groups (broad SMARTS) is 1. The second-order valence-corrected chi connectivity index (χ2v) is 6.54. The topological polar surface area (TPSA) is 86.0 Å². The number of halogens is 1. The highest BCUT2D eigenvalue weighted by atomic mass is 79.9. The molecule has 0 aliphatic heterocycles. The van der Waals surface area contributed by atoms with Crippen LogP contribution in [0.25, 0.3) is 11.0 Å². The molecule has 134 valence electrons. The van der Waals surface area contributed by atoms with Gasteiger partial charge in [-0.1, -0.05) is 15.9 Å². The van der Waals surface area contributed by atoms with Crippen LogP contribution >= 0.6 is 15.9 Å². The van der Waals surface area contributed by atoms with E-state index < -0.39 is 12.1 Å². The van der Waals surface area contributed by atoms with Crippen molar-refractivity contribution >= 4 is 32.9 Å². The summed E-state index contributed by atoms with van der Waals surface area (Å²) in [6.07, 6.45) is -1.01. The van der Waals surface area contributed by atoms with Crippen LogP contribution in [0.3, 0.4) is 0 Å². The Morgan fingerprint density at radius 1 is 1.15 bits per heavy atom. The number of fused-ring (bicyclic) bond motifs is 1. The van der Waals surface area contributed by atoms with Gasteiger partial charge in [0.25, 0.3) is 0 Å². The molecule has 0 fully saturated rings. The molecule has 3 aromatic rings. The van der Waals surface area contributed by atoms with Crippen LogP contribution in [0.15, 0.2) is 56.1 Å². The SMILES string of the molecule is Cc1oc2cc(OC(C)C(=O)O)ccc2c(=O)c1Oc1ccc(Br)cc1. The van der Waals surface area contributed by atoms with Gasteiger partial charge in [-0.3, -0.25) is 4.79 Å². The lowest BCUT2D eigenvalue weighted by molar-refractivity contribution is -0.144. The van der Waals surface area contributed by atoms with Gasteiger partial charge >= 0.3 is 5.97 Å². The maximum absolute atomic E-state index is 12.7. The lowest BCUT2D eigenvalue weighted by Gasteiger charge is -2.12. The minimum atomic E-state index is -1.08. The molecule has 0 saturated carbocycles. The average molecular weight is 419 g/mol. The quantitative estimate of drug-likeness (QED) is 0.655. The van der Waals surface area contributed by atoms with Crippen molar-refractivity contribution in [1.82, 2.24) is 0 Å². The summed E-state index contributed by atoms with van der Waals surface area (Å²) in [5, 5.41) is 9.24. The molecule has 0 saturated heterocycles. The van der Waals surface area contributed by atoms with Gasteiger partial charge in [-0.05, 0) is 50.2 Å². The van der Waals surface area contributed by atoms with Crippen LogP contribution < -0.4 is 14.9 Å². The number of aliphatic carboxylic acids is 1. The van der Waals surface area contributed by atoms with Gasteiger partial charge in [0.15, 0.2) is 6.10 Å². The number of hydrogen-bond acceptors (Lipinski definition) is 5. The molecule has 26 heavy (non-hydrogen) atoms. The van der Waals surface area contributed by atoms with E-state index in [9.17, 15) is 9.59 Å². The van der Waals surface area contributed by atoms with Crippen molar-refractivity contribution < 1.29 is 23.8 Å². The molecule has 0 bridgehead atoms. The van der Waals surface area contributed by atoms with Crippen molar-refractivity contribution in [2.75, 3.05) is 0 Å². The summed E-state index contributed by atoms with van der Waals surface area (Å²) in [4.78, 5) is 23.6. The van der Waals surface area contributed by atoms with Crippen molar-refractivity contribution in [3.8, 4) is 17.2 Å². The summed E-state index contributed by atoms with van der Waals surface area (Å²) in [7, 11) is 0. The van der Waals surface area contributed by atoms with Crippen molar-refractivity contribution in [3.05, 3.63) is 62.9 Å². The van der Waals surface area contributed by atoms with Crippen LogP contribution in [0.2, 0.25) is 0 Å². The molecule has 2 aromatic carbocycles. The number of rotatable bonds is 5. The number of carbonyl (C=O) groups is 1. The Kier molecular flexibility index (Phi) is 4.99. The summed E-state index contributed by atoms with van der Waals surface area (Å²) in [6, 6.07) is 11.6. The smallest absolute Gasteiger partial charge is 0.344 e. The molecule has 7 heteroatoms. The molecular weight excluding hydrogens is 404 g/mol. The first-order valence-electron chi connectivity index (χ1n) is 7.75. The average Bonchev–Trinajstić information content (AvgIpc) is 2.60. The van der Waals surface area contributed by atoms with E-state index in [1.165, 1.54) is 25.1 Å². The maximum atomic E-state index is 12.7. The van der Waals surface area contributed by atoms with E-state index in [0.717, 1.165) is 4.47 Å². The van der Waals surface area contributed by atoms with Gasteiger partial charge in [-0.15, -0.1) is 0 Å². The molecule has 0 amide bonds. The number of ether oxygens (including phenoxy) is 2. The Balaban J connectivity index is 1.98. The highest BCUT2D eigenvalue weighted by Gasteiger charge is 2.16. The van der Waals surface area contributed by atoms with Gasteiger partial charge in [0, 0.05) is 10.5 Å². The highest BCUT2D eigenvalue weighted by molar-refractivity contribution is 9.10. The molecule has 0 aliphatic rings. The fraction of sp³-hybridized carbons (Fsp3) is 0.158. The van der Waals surface area contributed by atoms with Gasteiger partial charge in [0.2, 0.25) is 11.2 Å². The molecule has 0 radical (unpaired) electrons. The molecule has 0 aliphatic carbocycles. The Labute approximate surface area is 157 Å². The Morgan fingerprint density at radius 3 is 2.46 bits per heavy atom. The number of benzene rings is 2. The molecule has 1 N–H and O–H groups in total. The fourth-order valence-electron chi connectivity index (χ4n) is 2.33. The van der Waals surface area contributed by atoms with E-state index >= 15 is 0 Å². The maximum Gasteiger partial charge on any atom is 0.344 e. The predicted octanol–water partition coefficient (Wildman–Crippen LogP) is 4.51. The van der Waals surface area contributed by atoms with Crippen LogP contribution in [0.1, 0.15) is 12.7 Å². The van der Waals surface area contributed by atoms with Crippen LogP contribution in [-0.2, 0) is 4.79 Å². The largest absolute Gasteiger partial charge is 0.479 e. The van der Waals surface area contributed by atoms with Crippen molar-refractivity contribution in [1.29, 1.82) is 0 Å². The van der Waals surface area contributed by atoms with Gasteiger partial charge in [0.1, 0.15) is 22.8 Å². The molecule has 6 nitrogen and oxygen atoms in total. The van der Waals surface area contributed by atoms with E-state index in [1.807, 2.05) is 0 Å². The fourth-order valence-corrected chi connectivity index (χ4v) is 2.60. The normalized spacial score (nSPS) is 12.0. The van der Waals surface area contributed by atoms with Gasteiger partial charge in [-0.25, -0.2) is 4.79 Å². The second-order valence-electron chi connectivity index (χ2n) is 5.63. The third-order valence-corrected chi connectivity index (χ3v) is 4.21. The zero-order valence-corrected chi connectivity index (χ0v) is 15.6. The molecular formula is C19H15BrO6. The third kappa shape index (κ3) is 3.72. The predicted molar refractivity (Wildman–Crippen MR) is 99.2 cm³/mol. The van der Waals surface area contributed by atoms with Crippen LogP contribution in [-0.4, -0.2) is 17.2 Å². The van der Waals surface area contributed by atoms with E-state index in [0.29, 0.717) is 28.2 Å². The van der Waals surface area contributed by atoms with Crippen molar-refractivity contribution in [3.63, 3.8) is 0 Å². The Hall–Kier alpha value is -2.80. The minimum Gasteiger partial charge on any atom is -0.479 e. The molecule has 1 aromatic heterocycles. The monoisotopic (exact) mass is 418 g/mol. The number of hydrogen-bond donors (Lipinski definition) is 1. The number of carboxylic acids is 1. The molecule has 1 heterocycles. The summed E-state index contributed by atoms with van der Waals surface area (Å²) in [6.45, 7) is 3.05. The third-order valence-electron chi connectivity index (χ3n) is 3.68. The van der Waals surface area contributed by atoms with Crippen molar-refractivity contribution in [2.24, 2.45) is 0 Å². The van der Waals surface area contributed by atoms with Crippen LogP contribution in [0.4, 0.5) is 0 Å². The zero-order valence-electron chi connectivity index (χ0n) is 14.0. The van der Waals surface area contributed by atoms with E-state index in [1.54, 1.807) is 31.2 Å². The highest BCUT2D eigenvalue weighted by Crippen LogP contribution is 2.28. The van der Waals surface area contributed by atoms with Gasteiger partial charge in [-0.2, -0.15) is 0 Å². The Bertz CT molecular complexity index is 1020. The summed E-state index contributed by atoms with van der Waals surface area (Å²) < 4.78 is 17.6. The molecule has 0 spiro atoms. The lowest BCUT2D eigenvalue weighted by atomic mass is 10.2. The van der Waals surface area contributed by atoms with Crippen molar-refractivity contribution in [2.45, 2.75) is 20.0 Å². The summed E-state index contributed by atoms with van der Waals surface area (Å²) in [5.74, 6) is 0.150. The van der Waals surface area contributed by atoms with Gasteiger partial charge < -0.3 is 19.0 Å². The van der Waals surface area contributed by atoms with Crippen LogP contribution in [0.5, 0.6) is 17.2 Å². The second kappa shape index (κ2) is 7.21. The van der Waals surface area contributed by atoms with Crippen LogP contribution in [0, 0.1) is 6.92 Å². The summed E-state index contributed by atoms with van der Waals surface area (Å²) in [5.41, 5.74) is -0.0183. The number of aryl methyl sites for hydroxylation is 1. The summed E-state index contributed by atoms with van der Waals surface area (Å²) >= 11 is 3.34. The molecule has 1 unspecified atom stereocenters. The standard InChI is InChI=1S/C19H15BrO6/c1-10-18(26-13-5-3-12(20)4-6-13)17(21)15-8-7-14(9-16(15)25-10)24-11(2)19(22)23/h3-9,11H,1-2H3,(H,22,23). The molecule has 3 rings (SSSR count). The first-order chi connectivity index (χ1) is 12.3. The first kappa shape index (κ1) is 18.0. The lowest BCUT2D eigenvalue weighted by Crippen LogP contribution is -2.22. The first-order valence-corrected chi connectivity index (χ1v) is 8.55. The zero-order chi connectivity index (χ0) is 18.8. The van der Waals surface area contributed by atoms with E-state index in [4.69, 9.17) is 19.0 Å². The Morgan fingerprint density at radius 2 is 1.81 bits per heavy atom. The van der Waals surface area contributed by atoms with E-state index in [-0.39, 0.29) is 11.2 Å².